The minimum absolute atomic E-state index is 0.112. The van der Waals surface area contributed by atoms with Crippen LogP contribution < -0.4 is 0 Å². The van der Waals surface area contributed by atoms with Crippen LogP contribution in [0.4, 0.5) is 0 Å². The average Bonchev–Trinajstić information content (AvgIpc) is 2.93. The summed E-state index contributed by atoms with van der Waals surface area (Å²) in [4.78, 5) is 0. The molecule has 0 amide bonds. The molecule has 1 aliphatic rings. The van der Waals surface area contributed by atoms with E-state index >= 15 is 0 Å². The van der Waals surface area contributed by atoms with Gasteiger partial charge in [0.25, 0.3) is 0 Å². The van der Waals surface area contributed by atoms with Gasteiger partial charge in [0.15, 0.2) is 0 Å². The van der Waals surface area contributed by atoms with Crippen molar-refractivity contribution in [3.05, 3.63) is 0 Å². The molecule has 0 radical (unpaired) electrons. The lowest BCUT2D eigenvalue weighted by molar-refractivity contribution is -0.113. The van der Waals surface area contributed by atoms with E-state index in [2.05, 4.69) is 13.8 Å². The van der Waals surface area contributed by atoms with Crippen molar-refractivity contribution in [3.63, 3.8) is 0 Å². The van der Waals surface area contributed by atoms with Crippen LogP contribution in [0, 0.1) is 5.92 Å². The van der Waals surface area contributed by atoms with Crippen molar-refractivity contribution in [1.29, 1.82) is 0 Å². The minimum Gasteiger partial charge on any atom is -0.388 e. The third-order valence-corrected chi connectivity index (χ3v) is 6.30. The van der Waals surface area contributed by atoms with Crippen LogP contribution in [-0.2, 0) is 9.47 Å². The van der Waals surface area contributed by atoms with Gasteiger partial charge in [-0.05, 0) is 12.3 Å². The lowest BCUT2D eigenvalue weighted by Crippen LogP contribution is -2.38. The molecule has 0 aromatic rings. The third-order valence-electron chi connectivity index (χ3n) is 6.30. The van der Waals surface area contributed by atoms with Gasteiger partial charge in [-0.2, -0.15) is 0 Å². The smallest absolute Gasteiger partial charge is 0.115 e. The Hall–Kier alpha value is -0.280. The summed E-state index contributed by atoms with van der Waals surface area (Å²) in [5.41, 5.74) is 0. The van der Waals surface area contributed by atoms with Crippen molar-refractivity contribution >= 4 is 0 Å². The van der Waals surface area contributed by atoms with E-state index in [-0.39, 0.29) is 13.2 Å². The number of hydrogen-bond acceptors (Lipinski definition) is 7. The molecule has 1 rings (SSSR count). The molecule has 1 fully saturated rings. The molecule has 0 aliphatic heterocycles. The first-order valence-electron chi connectivity index (χ1n) is 12.5. The number of hydrogen-bond donors (Lipinski definition) is 5. The molecule has 0 spiro atoms. The van der Waals surface area contributed by atoms with Crippen LogP contribution in [0.5, 0.6) is 0 Å². The molecule has 186 valence electrons. The zero-order chi connectivity index (χ0) is 23.1. The summed E-state index contributed by atoms with van der Waals surface area (Å²) in [5, 5.41) is 48.4. The van der Waals surface area contributed by atoms with E-state index < -0.39 is 36.6 Å². The second kappa shape index (κ2) is 17.2. The molecule has 6 unspecified atom stereocenters. The van der Waals surface area contributed by atoms with E-state index in [1.54, 1.807) is 0 Å². The van der Waals surface area contributed by atoms with Gasteiger partial charge in [0.2, 0.25) is 0 Å². The maximum absolute atomic E-state index is 9.90. The first kappa shape index (κ1) is 28.8. The Bertz CT molecular complexity index is 409. The van der Waals surface area contributed by atoms with E-state index in [9.17, 15) is 25.5 Å². The SMILES string of the molecule is CCCCCC(C)CCCCCCCCCOCC(O)COC1C(O)C(O)[C@@H](O)C1O. The van der Waals surface area contributed by atoms with E-state index in [0.717, 1.165) is 18.8 Å². The van der Waals surface area contributed by atoms with Crippen molar-refractivity contribution < 1.29 is 35.0 Å². The number of aliphatic hydroxyl groups is 5. The Morgan fingerprint density at radius 2 is 1.19 bits per heavy atom. The first-order chi connectivity index (χ1) is 14.9. The predicted molar refractivity (Wildman–Crippen MR) is 121 cm³/mol. The normalized spacial score (nSPS) is 28.2. The van der Waals surface area contributed by atoms with Gasteiger partial charge in [-0.15, -0.1) is 0 Å². The Labute approximate surface area is 188 Å². The molecule has 0 aromatic carbocycles. The standard InChI is InChI=1S/C24H48O7/c1-3-4-10-13-18(2)14-11-8-6-5-7-9-12-15-30-16-19(25)17-31-24-22(28)20(26)21(27)23(24)29/h18-29H,3-17H2,1-2H3/t18?,19?,20-,21?,22?,23?,24?/m1/s1. The molecule has 0 saturated heterocycles. The van der Waals surface area contributed by atoms with Gasteiger partial charge in [0.1, 0.15) is 36.6 Å². The average molecular weight is 449 g/mol. The van der Waals surface area contributed by atoms with Crippen molar-refractivity contribution in [3.8, 4) is 0 Å². The summed E-state index contributed by atoms with van der Waals surface area (Å²) in [5.74, 6) is 0.871. The van der Waals surface area contributed by atoms with Gasteiger partial charge in [-0.1, -0.05) is 84.5 Å². The zero-order valence-electron chi connectivity index (χ0n) is 19.7. The van der Waals surface area contributed by atoms with Crippen molar-refractivity contribution in [2.75, 3.05) is 19.8 Å². The zero-order valence-corrected chi connectivity index (χ0v) is 19.7. The number of unbranched alkanes of at least 4 members (excludes halogenated alkanes) is 8. The van der Waals surface area contributed by atoms with Gasteiger partial charge in [-0.3, -0.25) is 0 Å². The van der Waals surface area contributed by atoms with E-state index in [4.69, 9.17) is 9.47 Å². The molecule has 0 heterocycles. The second-order valence-corrected chi connectivity index (χ2v) is 9.35. The van der Waals surface area contributed by atoms with Crippen molar-refractivity contribution in [1.82, 2.24) is 0 Å². The monoisotopic (exact) mass is 448 g/mol. The lowest BCUT2D eigenvalue weighted by Gasteiger charge is -2.21. The molecular formula is C24H48O7. The predicted octanol–water partition coefficient (Wildman–Crippen LogP) is 2.54. The van der Waals surface area contributed by atoms with Crippen LogP contribution in [0.3, 0.4) is 0 Å². The van der Waals surface area contributed by atoms with Crippen LogP contribution in [-0.4, -0.2) is 82.0 Å². The maximum atomic E-state index is 9.90. The maximum Gasteiger partial charge on any atom is 0.115 e. The molecule has 1 saturated carbocycles. The highest BCUT2D eigenvalue weighted by molar-refractivity contribution is 4.99. The van der Waals surface area contributed by atoms with E-state index in [1.807, 2.05) is 0 Å². The van der Waals surface area contributed by atoms with Crippen LogP contribution in [0.15, 0.2) is 0 Å². The van der Waals surface area contributed by atoms with Gasteiger partial charge < -0.3 is 35.0 Å². The summed E-state index contributed by atoms with van der Waals surface area (Å²) < 4.78 is 10.7. The summed E-state index contributed by atoms with van der Waals surface area (Å²) in [7, 11) is 0. The highest BCUT2D eigenvalue weighted by atomic mass is 16.5. The molecule has 1 aliphatic carbocycles. The molecule has 0 bridgehead atoms. The number of ether oxygens (including phenoxy) is 2. The topological polar surface area (TPSA) is 120 Å². The molecule has 7 nitrogen and oxygen atoms in total. The minimum atomic E-state index is -1.45. The van der Waals surface area contributed by atoms with Gasteiger partial charge in [-0.25, -0.2) is 0 Å². The number of aliphatic hydroxyl groups excluding tert-OH is 5. The highest BCUT2D eigenvalue weighted by Gasteiger charge is 2.49. The summed E-state index contributed by atoms with van der Waals surface area (Å²) in [6.07, 6.45) is 7.67. The second-order valence-electron chi connectivity index (χ2n) is 9.35. The van der Waals surface area contributed by atoms with Crippen molar-refractivity contribution in [2.24, 2.45) is 5.92 Å². The Morgan fingerprint density at radius 1 is 0.677 bits per heavy atom. The van der Waals surface area contributed by atoms with Crippen LogP contribution in [0.25, 0.3) is 0 Å². The summed E-state index contributed by atoms with van der Waals surface area (Å²) in [6.45, 7) is 5.19. The number of rotatable bonds is 19. The largest absolute Gasteiger partial charge is 0.388 e. The fourth-order valence-electron chi connectivity index (χ4n) is 4.15. The Balaban J connectivity index is 1.89. The van der Waals surface area contributed by atoms with Gasteiger partial charge in [0, 0.05) is 6.61 Å². The fraction of sp³-hybridized carbons (Fsp3) is 1.00. The molecule has 31 heavy (non-hydrogen) atoms. The lowest BCUT2D eigenvalue weighted by atomic mass is 9.96. The Kier molecular flexibility index (Phi) is 16.0. The Morgan fingerprint density at radius 3 is 1.77 bits per heavy atom. The highest BCUT2D eigenvalue weighted by Crippen LogP contribution is 2.24. The summed E-state index contributed by atoms with van der Waals surface area (Å²) in [6, 6.07) is 0. The first-order valence-corrected chi connectivity index (χ1v) is 12.5. The van der Waals surface area contributed by atoms with Crippen LogP contribution in [0.1, 0.15) is 90.9 Å². The fourth-order valence-corrected chi connectivity index (χ4v) is 4.15. The molecule has 7 atom stereocenters. The third kappa shape index (κ3) is 11.9. The van der Waals surface area contributed by atoms with Crippen LogP contribution in [0.2, 0.25) is 0 Å². The van der Waals surface area contributed by atoms with Gasteiger partial charge in [0.05, 0.1) is 13.2 Å². The molecule has 7 heteroatoms. The van der Waals surface area contributed by atoms with Crippen LogP contribution >= 0.6 is 0 Å². The van der Waals surface area contributed by atoms with Crippen molar-refractivity contribution in [2.45, 2.75) is 128 Å². The molecule has 5 N–H and O–H groups in total. The van der Waals surface area contributed by atoms with E-state index in [1.165, 1.54) is 64.2 Å². The van der Waals surface area contributed by atoms with Gasteiger partial charge >= 0.3 is 0 Å². The quantitative estimate of drug-likeness (QED) is 0.193. The molecular weight excluding hydrogens is 400 g/mol. The molecule has 0 aromatic heterocycles. The summed E-state index contributed by atoms with van der Waals surface area (Å²) >= 11 is 0. The van der Waals surface area contributed by atoms with E-state index in [0.29, 0.717) is 6.61 Å².